The van der Waals surface area contributed by atoms with E-state index in [2.05, 4.69) is 29.7 Å². The number of nitrogens with one attached hydrogen (secondary N) is 2. The topological polar surface area (TPSA) is 41.1 Å². The highest BCUT2D eigenvalue weighted by Gasteiger charge is 2.45. The molecule has 2 N–H and O–H groups in total. The molecule has 0 bridgehead atoms. The Bertz CT molecular complexity index is 467. The summed E-state index contributed by atoms with van der Waals surface area (Å²) in [6.07, 6.45) is 6.98. The zero-order chi connectivity index (χ0) is 14.0. The summed E-state index contributed by atoms with van der Waals surface area (Å²) >= 11 is 0. The van der Waals surface area contributed by atoms with Crippen molar-refractivity contribution in [1.82, 2.24) is 10.6 Å². The number of carbonyl (C=O) groups excluding carboxylic acids is 1. The third kappa shape index (κ3) is 2.82. The number of carbonyl (C=O) groups is 1. The van der Waals surface area contributed by atoms with E-state index in [1.807, 2.05) is 18.2 Å². The van der Waals surface area contributed by atoms with Crippen LogP contribution in [-0.4, -0.2) is 12.1 Å². The highest BCUT2D eigenvalue weighted by molar-refractivity contribution is 5.76. The zero-order valence-corrected chi connectivity index (χ0v) is 12.2. The molecule has 3 rings (SSSR count). The monoisotopic (exact) mass is 272 g/mol. The Morgan fingerprint density at radius 2 is 1.85 bits per heavy atom. The van der Waals surface area contributed by atoms with Gasteiger partial charge in [0.15, 0.2) is 0 Å². The Morgan fingerprint density at radius 1 is 1.15 bits per heavy atom. The summed E-state index contributed by atoms with van der Waals surface area (Å²) in [5, 5.41) is 6.39. The Morgan fingerprint density at radius 3 is 2.50 bits per heavy atom. The molecule has 2 amide bonds. The van der Waals surface area contributed by atoms with Crippen LogP contribution in [0.2, 0.25) is 0 Å². The van der Waals surface area contributed by atoms with Gasteiger partial charge >= 0.3 is 6.03 Å². The SMILES string of the molecule is CC1CCCCC1NC(=O)NC1(c2ccccc2)CC1. The maximum absolute atomic E-state index is 12.3. The molecular formula is C17H24N2O. The minimum atomic E-state index is -0.108. The van der Waals surface area contributed by atoms with E-state index < -0.39 is 0 Å². The highest BCUT2D eigenvalue weighted by Crippen LogP contribution is 2.45. The second-order valence-corrected chi connectivity index (χ2v) is 6.41. The minimum Gasteiger partial charge on any atom is -0.335 e. The molecule has 0 heterocycles. The Balaban J connectivity index is 1.59. The van der Waals surface area contributed by atoms with E-state index in [4.69, 9.17) is 0 Å². The summed E-state index contributed by atoms with van der Waals surface area (Å²) in [6, 6.07) is 10.7. The summed E-state index contributed by atoms with van der Waals surface area (Å²) in [5.74, 6) is 0.598. The van der Waals surface area contributed by atoms with Gasteiger partial charge in [0.25, 0.3) is 0 Å². The van der Waals surface area contributed by atoms with Crippen LogP contribution in [0.3, 0.4) is 0 Å². The van der Waals surface area contributed by atoms with E-state index in [-0.39, 0.29) is 11.6 Å². The van der Waals surface area contributed by atoms with Crippen LogP contribution < -0.4 is 10.6 Å². The lowest BCUT2D eigenvalue weighted by Crippen LogP contribution is -2.49. The molecule has 2 aliphatic rings. The van der Waals surface area contributed by atoms with Gasteiger partial charge in [-0.3, -0.25) is 0 Å². The molecular weight excluding hydrogens is 248 g/mol. The van der Waals surface area contributed by atoms with Crippen molar-refractivity contribution in [3.8, 4) is 0 Å². The number of benzene rings is 1. The van der Waals surface area contributed by atoms with Gasteiger partial charge in [0.05, 0.1) is 5.54 Å². The van der Waals surface area contributed by atoms with Crippen molar-refractivity contribution in [3.63, 3.8) is 0 Å². The number of urea groups is 1. The molecule has 2 saturated carbocycles. The molecule has 108 valence electrons. The van der Waals surface area contributed by atoms with Gasteiger partial charge in [0, 0.05) is 6.04 Å². The van der Waals surface area contributed by atoms with E-state index in [1.165, 1.54) is 24.8 Å². The summed E-state index contributed by atoms with van der Waals surface area (Å²) in [6.45, 7) is 2.24. The average Bonchev–Trinajstić information content (AvgIpc) is 3.23. The maximum Gasteiger partial charge on any atom is 0.315 e. The van der Waals surface area contributed by atoms with Crippen molar-refractivity contribution in [2.75, 3.05) is 0 Å². The first kappa shape index (κ1) is 13.5. The zero-order valence-electron chi connectivity index (χ0n) is 12.2. The van der Waals surface area contributed by atoms with Gasteiger partial charge in [-0.15, -0.1) is 0 Å². The molecule has 2 fully saturated rings. The molecule has 0 aliphatic heterocycles. The second kappa shape index (κ2) is 5.47. The fourth-order valence-corrected chi connectivity index (χ4v) is 3.32. The van der Waals surface area contributed by atoms with Gasteiger partial charge in [-0.1, -0.05) is 50.1 Å². The van der Waals surface area contributed by atoms with Gasteiger partial charge in [-0.05, 0) is 37.2 Å². The smallest absolute Gasteiger partial charge is 0.315 e. The molecule has 0 aromatic heterocycles. The van der Waals surface area contributed by atoms with Crippen molar-refractivity contribution in [1.29, 1.82) is 0 Å². The third-order valence-electron chi connectivity index (χ3n) is 4.86. The fraction of sp³-hybridized carbons (Fsp3) is 0.588. The lowest BCUT2D eigenvalue weighted by molar-refractivity contribution is 0.217. The van der Waals surface area contributed by atoms with E-state index in [0.29, 0.717) is 12.0 Å². The average molecular weight is 272 g/mol. The maximum atomic E-state index is 12.3. The van der Waals surface area contributed by atoms with E-state index in [0.717, 1.165) is 19.3 Å². The largest absolute Gasteiger partial charge is 0.335 e. The molecule has 3 heteroatoms. The second-order valence-electron chi connectivity index (χ2n) is 6.41. The van der Waals surface area contributed by atoms with Gasteiger partial charge in [-0.25, -0.2) is 4.79 Å². The summed E-state index contributed by atoms with van der Waals surface area (Å²) in [5.41, 5.74) is 1.12. The summed E-state index contributed by atoms with van der Waals surface area (Å²) < 4.78 is 0. The van der Waals surface area contributed by atoms with Crippen molar-refractivity contribution in [2.24, 2.45) is 5.92 Å². The molecule has 2 unspecified atom stereocenters. The van der Waals surface area contributed by atoms with Crippen molar-refractivity contribution < 1.29 is 4.79 Å². The van der Waals surface area contributed by atoms with Crippen LogP contribution in [0.25, 0.3) is 0 Å². The lowest BCUT2D eigenvalue weighted by atomic mass is 9.86. The van der Waals surface area contributed by atoms with Gasteiger partial charge < -0.3 is 10.6 Å². The van der Waals surface area contributed by atoms with Crippen LogP contribution in [-0.2, 0) is 5.54 Å². The van der Waals surface area contributed by atoms with Crippen molar-refractivity contribution in [2.45, 2.75) is 57.0 Å². The first-order chi connectivity index (χ1) is 9.70. The molecule has 0 saturated heterocycles. The molecule has 1 aromatic carbocycles. The first-order valence-corrected chi connectivity index (χ1v) is 7.84. The predicted molar refractivity (Wildman–Crippen MR) is 80.4 cm³/mol. The fourth-order valence-electron chi connectivity index (χ4n) is 3.32. The van der Waals surface area contributed by atoms with Gasteiger partial charge in [0.2, 0.25) is 0 Å². The number of hydrogen-bond donors (Lipinski definition) is 2. The molecule has 3 nitrogen and oxygen atoms in total. The van der Waals surface area contributed by atoms with Gasteiger partial charge in [-0.2, -0.15) is 0 Å². The number of hydrogen-bond acceptors (Lipinski definition) is 1. The number of amides is 2. The normalized spacial score (nSPS) is 27.6. The van der Waals surface area contributed by atoms with Crippen LogP contribution >= 0.6 is 0 Å². The lowest BCUT2D eigenvalue weighted by Gasteiger charge is -2.30. The van der Waals surface area contributed by atoms with Crippen LogP contribution in [0.4, 0.5) is 4.79 Å². The van der Waals surface area contributed by atoms with Gasteiger partial charge in [0.1, 0.15) is 0 Å². The molecule has 2 aliphatic carbocycles. The minimum absolute atomic E-state index is 0.00473. The quantitative estimate of drug-likeness (QED) is 0.868. The Kier molecular flexibility index (Phi) is 3.68. The van der Waals surface area contributed by atoms with Crippen LogP contribution in [0, 0.1) is 5.92 Å². The highest BCUT2D eigenvalue weighted by atomic mass is 16.2. The first-order valence-electron chi connectivity index (χ1n) is 7.84. The van der Waals surface area contributed by atoms with E-state index >= 15 is 0 Å². The Hall–Kier alpha value is -1.51. The van der Waals surface area contributed by atoms with Crippen LogP contribution in [0.1, 0.15) is 51.0 Å². The van der Waals surface area contributed by atoms with Crippen molar-refractivity contribution >= 4 is 6.03 Å². The summed E-state index contributed by atoms with van der Waals surface area (Å²) in [7, 11) is 0. The molecule has 20 heavy (non-hydrogen) atoms. The Labute approximate surface area is 121 Å². The molecule has 0 radical (unpaired) electrons. The predicted octanol–water partition coefficient (Wildman–Crippen LogP) is 3.55. The third-order valence-corrected chi connectivity index (χ3v) is 4.86. The van der Waals surface area contributed by atoms with Crippen LogP contribution in [0.5, 0.6) is 0 Å². The standard InChI is InChI=1S/C17H24N2O/c1-13-7-5-6-10-15(13)18-16(20)19-17(11-12-17)14-8-3-2-4-9-14/h2-4,8-9,13,15H,5-7,10-12H2,1H3,(H2,18,19,20). The van der Waals surface area contributed by atoms with Crippen molar-refractivity contribution in [3.05, 3.63) is 35.9 Å². The van der Waals surface area contributed by atoms with Crippen LogP contribution in [0.15, 0.2) is 30.3 Å². The number of rotatable bonds is 3. The molecule has 0 spiro atoms. The van der Waals surface area contributed by atoms with E-state index in [1.54, 1.807) is 0 Å². The van der Waals surface area contributed by atoms with E-state index in [9.17, 15) is 4.79 Å². The molecule has 2 atom stereocenters. The molecule has 1 aromatic rings. The summed E-state index contributed by atoms with van der Waals surface area (Å²) in [4.78, 5) is 12.3.